The van der Waals surface area contributed by atoms with Crippen LogP contribution < -0.4 is 10.1 Å². The second-order valence-corrected chi connectivity index (χ2v) is 7.47. The Morgan fingerprint density at radius 3 is 2.52 bits per heavy atom. The molecule has 5 nitrogen and oxygen atoms in total. The fourth-order valence-corrected chi connectivity index (χ4v) is 3.51. The molecule has 2 amide bonds. The Morgan fingerprint density at radius 2 is 1.81 bits per heavy atom. The minimum atomic E-state index is -0.0114. The molecule has 1 saturated heterocycles. The third-order valence-electron chi connectivity index (χ3n) is 4.56. The molecule has 0 bridgehead atoms. The number of carbonyl (C=O) groups excluding carboxylic acids is 2. The Hall–Kier alpha value is -2.34. The van der Waals surface area contributed by atoms with Crippen LogP contribution in [0.2, 0.25) is 0 Å². The highest BCUT2D eigenvalue weighted by atomic mass is 79.9. The van der Waals surface area contributed by atoms with Crippen molar-refractivity contribution in [2.75, 3.05) is 19.7 Å². The first-order valence-electron chi connectivity index (χ1n) is 9.14. The second kappa shape index (κ2) is 9.55. The van der Waals surface area contributed by atoms with Crippen molar-refractivity contribution in [3.05, 3.63) is 64.6 Å². The van der Waals surface area contributed by atoms with Crippen LogP contribution in [-0.2, 0) is 4.79 Å². The van der Waals surface area contributed by atoms with E-state index in [0.717, 1.165) is 23.1 Å². The minimum Gasteiger partial charge on any atom is -0.493 e. The van der Waals surface area contributed by atoms with Crippen molar-refractivity contribution in [2.24, 2.45) is 0 Å². The van der Waals surface area contributed by atoms with Crippen molar-refractivity contribution in [3.8, 4) is 5.75 Å². The van der Waals surface area contributed by atoms with E-state index in [4.69, 9.17) is 4.74 Å². The SMILES string of the molecule is O=C(CCOc1ccccc1)NC1CCN(C(=O)c2cccc(Br)c2)CC1. The van der Waals surface area contributed by atoms with Gasteiger partial charge in [0.05, 0.1) is 13.0 Å². The third-order valence-corrected chi connectivity index (χ3v) is 5.05. The van der Waals surface area contributed by atoms with Gasteiger partial charge >= 0.3 is 0 Å². The van der Waals surface area contributed by atoms with Gasteiger partial charge in [0, 0.05) is 29.2 Å². The molecule has 1 N–H and O–H groups in total. The van der Waals surface area contributed by atoms with Gasteiger partial charge in [-0.25, -0.2) is 0 Å². The van der Waals surface area contributed by atoms with Gasteiger partial charge in [-0.3, -0.25) is 9.59 Å². The number of para-hydroxylation sites is 1. The van der Waals surface area contributed by atoms with E-state index in [0.29, 0.717) is 31.7 Å². The van der Waals surface area contributed by atoms with Crippen LogP contribution in [-0.4, -0.2) is 42.5 Å². The van der Waals surface area contributed by atoms with Crippen LogP contribution in [0.15, 0.2) is 59.1 Å². The van der Waals surface area contributed by atoms with Gasteiger partial charge in [0.1, 0.15) is 5.75 Å². The maximum absolute atomic E-state index is 12.6. The summed E-state index contributed by atoms with van der Waals surface area (Å²) >= 11 is 3.40. The molecule has 1 fully saturated rings. The number of likely N-dealkylation sites (tertiary alicyclic amines) is 1. The molecule has 1 aliphatic rings. The molecule has 0 radical (unpaired) electrons. The molecule has 0 aromatic heterocycles. The van der Waals surface area contributed by atoms with Crippen LogP contribution in [0.5, 0.6) is 5.75 Å². The van der Waals surface area contributed by atoms with E-state index < -0.39 is 0 Å². The summed E-state index contributed by atoms with van der Waals surface area (Å²) in [6.07, 6.45) is 1.86. The van der Waals surface area contributed by atoms with Crippen LogP contribution in [0.4, 0.5) is 0 Å². The Bertz CT molecular complexity index is 774. The van der Waals surface area contributed by atoms with E-state index in [9.17, 15) is 9.59 Å². The van der Waals surface area contributed by atoms with Crippen LogP contribution in [0.3, 0.4) is 0 Å². The monoisotopic (exact) mass is 430 g/mol. The number of piperidine rings is 1. The van der Waals surface area contributed by atoms with Gasteiger partial charge in [0.15, 0.2) is 0 Å². The smallest absolute Gasteiger partial charge is 0.253 e. The lowest BCUT2D eigenvalue weighted by Gasteiger charge is -2.32. The largest absolute Gasteiger partial charge is 0.493 e. The Morgan fingerprint density at radius 1 is 1.07 bits per heavy atom. The normalized spacial score (nSPS) is 14.6. The summed E-state index contributed by atoms with van der Waals surface area (Å²) in [6.45, 7) is 1.66. The predicted octanol–water partition coefficient (Wildman–Crippen LogP) is 3.64. The van der Waals surface area contributed by atoms with Crippen molar-refractivity contribution >= 4 is 27.7 Å². The minimum absolute atomic E-state index is 0.0114. The number of hydrogen-bond acceptors (Lipinski definition) is 3. The van der Waals surface area contributed by atoms with Crippen molar-refractivity contribution in [2.45, 2.75) is 25.3 Å². The molecule has 27 heavy (non-hydrogen) atoms. The summed E-state index contributed by atoms with van der Waals surface area (Å²) in [4.78, 5) is 26.5. The number of benzene rings is 2. The zero-order chi connectivity index (χ0) is 19.1. The molecule has 2 aromatic carbocycles. The van der Waals surface area contributed by atoms with Crippen LogP contribution in [0, 0.1) is 0 Å². The third kappa shape index (κ3) is 5.82. The van der Waals surface area contributed by atoms with E-state index in [1.54, 1.807) is 0 Å². The molecular weight excluding hydrogens is 408 g/mol. The van der Waals surface area contributed by atoms with Crippen molar-refractivity contribution < 1.29 is 14.3 Å². The molecule has 2 aromatic rings. The van der Waals surface area contributed by atoms with E-state index in [1.165, 1.54) is 0 Å². The van der Waals surface area contributed by atoms with Gasteiger partial charge in [-0.05, 0) is 43.2 Å². The average Bonchev–Trinajstić information content (AvgIpc) is 2.69. The van der Waals surface area contributed by atoms with E-state index in [1.807, 2.05) is 59.5 Å². The number of halogens is 1. The quantitative estimate of drug-likeness (QED) is 0.760. The van der Waals surface area contributed by atoms with Crippen LogP contribution >= 0.6 is 15.9 Å². The Balaban J connectivity index is 1.38. The van der Waals surface area contributed by atoms with Crippen LogP contribution in [0.25, 0.3) is 0 Å². The van der Waals surface area contributed by atoms with Gasteiger partial charge in [-0.2, -0.15) is 0 Å². The molecule has 0 aliphatic carbocycles. The molecule has 0 atom stereocenters. The first-order chi connectivity index (χ1) is 13.1. The molecule has 0 saturated carbocycles. The lowest BCUT2D eigenvalue weighted by atomic mass is 10.0. The molecule has 1 heterocycles. The molecule has 1 aliphatic heterocycles. The van der Waals surface area contributed by atoms with Gasteiger partial charge in [-0.15, -0.1) is 0 Å². The summed E-state index contributed by atoms with van der Waals surface area (Å²) in [5.74, 6) is 0.796. The number of ether oxygens (including phenoxy) is 1. The predicted molar refractivity (Wildman–Crippen MR) is 108 cm³/mol. The summed E-state index contributed by atoms with van der Waals surface area (Å²) < 4.78 is 6.45. The summed E-state index contributed by atoms with van der Waals surface area (Å²) in [5.41, 5.74) is 0.685. The topological polar surface area (TPSA) is 58.6 Å². The van der Waals surface area contributed by atoms with Gasteiger partial charge < -0.3 is 15.0 Å². The summed E-state index contributed by atoms with van der Waals surface area (Å²) in [6, 6.07) is 17.0. The average molecular weight is 431 g/mol. The lowest BCUT2D eigenvalue weighted by molar-refractivity contribution is -0.122. The maximum atomic E-state index is 12.6. The highest BCUT2D eigenvalue weighted by Gasteiger charge is 2.24. The van der Waals surface area contributed by atoms with Crippen molar-refractivity contribution in [3.63, 3.8) is 0 Å². The molecular formula is C21H23BrN2O3. The number of rotatable bonds is 6. The molecule has 0 spiro atoms. The maximum Gasteiger partial charge on any atom is 0.253 e. The highest BCUT2D eigenvalue weighted by Crippen LogP contribution is 2.17. The molecule has 6 heteroatoms. The first kappa shape index (κ1) is 19.4. The molecule has 0 unspecified atom stereocenters. The number of amides is 2. The second-order valence-electron chi connectivity index (χ2n) is 6.56. The molecule has 142 valence electrons. The summed E-state index contributed by atoms with van der Waals surface area (Å²) in [5, 5.41) is 3.05. The van der Waals surface area contributed by atoms with E-state index in [2.05, 4.69) is 21.2 Å². The Labute approximate surface area is 167 Å². The van der Waals surface area contributed by atoms with Crippen molar-refractivity contribution in [1.82, 2.24) is 10.2 Å². The number of nitrogens with one attached hydrogen (secondary N) is 1. The zero-order valence-electron chi connectivity index (χ0n) is 15.1. The van der Waals surface area contributed by atoms with Gasteiger partial charge in [0.2, 0.25) is 5.91 Å². The van der Waals surface area contributed by atoms with E-state index in [-0.39, 0.29) is 17.9 Å². The standard InChI is InChI=1S/C21H23BrN2O3/c22-17-6-4-5-16(15-17)21(26)24-12-9-18(10-13-24)23-20(25)11-14-27-19-7-2-1-3-8-19/h1-8,15,18H,9-14H2,(H,23,25). The number of carbonyl (C=O) groups is 2. The zero-order valence-corrected chi connectivity index (χ0v) is 16.7. The lowest BCUT2D eigenvalue weighted by Crippen LogP contribution is -2.46. The van der Waals surface area contributed by atoms with Gasteiger partial charge in [0.25, 0.3) is 5.91 Å². The van der Waals surface area contributed by atoms with Gasteiger partial charge in [-0.1, -0.05) is 40.2 Å². The fourth-order valence-electron chi connectivity index (χ4n) is 3.11. The van der Waals surface area contributed by atoms with Crippen LogP contribution in [0.1, 0.15) is 29.6 Å². The molecule has 3 rings (SSSR count). The fraction of sp³-hybridized carbons (Fsp3) is 0.333. The first-order valence-corrected chi connectivity index (χ1v) is 9.93. The van der Waals surface area contributed by atoms with Crippen molar-refractivity contribution in [1.29, 1.82) is 0 Å². The number of nitrogens with zero attached hydrogens (tertiary/aromatic N) is 1. The summed E-state index contributed by atoms with van der Waals surface area (Å²) in [7, 11) is 0. The highest BCUT2D eigenvalue weighted by molar-refractivity contribution is 9.10. The number of hydrogen-bond donors (Lipinski definition) is 1. The Kier molecular flexibility index (Phi) is 6.87. The van der Waals surface area contributed by atoms with E-state index >= 15 is 0 Å².